The molecule has 1 N–H and O–H groups in total. The van der Waals surface area contributed by atoms with E-state index in [0.717, 1.165) is 47.7 Å². The lowest BCUT2D eigenvalue weighted by molar-refractivity contribution is -0.137. The number of benzene rings is 1. The normalized spacial score (nSPS) is 11.1. The minimum absolute atomic E-state index is 0.217. The Hall–Kier alpha value is -1.55. The number of para-hydroxylation sites is 1. The Morgan fingerprint density at radius 3 is 2.90 bits per heavy atom. The monoisotopic (exact) mass is 294 g/mol. The van der Waals surface area contributed by atoms with Crippen LogP contribution in [0.15, 0.2) is 18.2 Å². The average molecular weight is 295 g/mol. The lowest BCUT2D eigenvalue weighted by Crippen LogP contribution is -2.04. The first kappa shape index (κ1) is 14.9. The summed E-state index contributed by atoms with van der Waals surface area (Å²) < 4.78 is 2.17. The van der Waals surface area contributed by atoms with Crippen molar-refractivity contribution in [1.82, 2.24) is 9.55 Å². The summed E-state index contributed by atoms with van der Waals surface area (Å²) in [4.78, 5) is 15.2. The predicted octanol–water partition coefficient (Wildman–Crippen LogP) is 3.90. The number of aryl methyl sites for hydroxylation is 2. The van der Waals surface area contributed by atoms with Gasteiger partial charge in [0.2, 0.25) is 0 Å². The molecule has 20 heavy (non-hydrogen) atoms. The van der Waals surface area contributed by atoms with Crippen LogP contribution in [-0.2, 0) is 17.8 Å². The molecule has 2 aromatic rings. The van der Waals surface area contributed by atoms with E-state index in [4.69, 9.17) is 16.7 Å². The number of hydrogen-bond donors (Lipinski definition) is 1. The van der Waals surface area contributed by atoms with Gasteiger partial charge in [0, 0.05) is 19.4 Å². The molecule has 0 amide bonds. The minimum atomic E-state index is -0.741. The number of aromatic nitrogens is 2. The Kier molecular flexibility index (Phi) is 5.01. The molecule has 2 rings (SSSR count). The highest BCUT2D eigenvalue weighted by Gasteiger charge is 2.12. The molecular formula is C15H19ClN2O2. The molecule has 0 unspecified atom stereocenters. The lowest BCUT2D eigenvalue weighted by Gasteiger charge is -2.08. The molecule has 1 heterocycles. The zero-order chi connectivity index (χ0) is 14.5. The van der Waals surface area contributed by atoms with Gasteiger partial charge in [0.1, 0.15) is 5.82 Å². The smallest absolute Gasteiger partial charge is 0.303 e. The van der Waals surface area contributed by atoms with Crippen molar-refractivity contribution in [2.45, 2.75) is 45.6 Å². The maximum Gasteiger partial charge on any atom is 0.303 e. The Balaban J connectivity index is 2.21. The summed E-state index contributed by atoms with van der Waals surface area (Å²) in [5.41, 5.74) is 1.91. The molecule has 0 fully saturated rings. The molecule has 0 saturated carbocycles. The van der Waals surface area contributed by atoms with Gasteiger partial charge in [0.05, 0.1) is 16.1 Å². The van der Waals surface area contributed by atoms with Gasteiger partial charge in [-0.1, -0.05) is 24.6 Å². The second-order valence-electron chi connectivity index (χ2n) is 4.89. The molecule has 5 heteroatoms. The van der Waals surface area contributed by atoms with Crippen LogP contribution in [0.5, 0.6) is 0 Å². The molecule has 4 nitrogen and oxygen atoms in total. The van der Waals surface area contributed by atoms with Crippen LogP contribution >= 0.6 is 11.6 Å². The van der Waals surface area contributed by atoms with E-state index in [-0.39, 0.29) is 6.42 Å². The van der Waals surface area contributed by atoms with Crippen LogP contribution in [0.25, 0.3) is 11.0 Å². The Morgan fingerprint density at radius 2 is 2.20 bits per heavy atom. The summed E-state index contributed by atoms with van der Waals surface area (Å²) in [6, 6.07) is 5.75. The van der Waals surface area contributed by atoms with E-state index in [1.807, 2.05) is 18.2 Å². The van der Waals surface area contributed by atoms with Crippen molar-refractivity contribution < 1.29 is 9.90 Å². The molecule has 0 atom stereocenters. The van der Waals surface area contributed by atoms with Crippen molar-refractivity contribution in [3.05, 3.63) is 29.0 Å². The average Bonchev–Trinajstić information content (AvgIpc) is 2.75. The number of halogens is 1. The lowest BCUT2D eigenvalue weighted by atomic mass is 10.2. The fourth-order valence-corrected chi connectivity index (χ4v) is 2.68. The summed E-state index contributed by atoms with van der Waals surface area (Å²) in [7, 11) is 0. The van der Waals surface area contributed by atoms with Crippen LogP contribution in [0.4, 0.5) is 0 Å². The Bertz CT molecular complexity index is 607. The number of unbranched alkanes of at least 4 members (excludes halogenated alkanes) is 1. The van der Waals surface area contributed by atoms with Gasteiger partial charge in [-0.15, -0.1) is 0 Å². The third-order valence-corrected chi connectivity index (χ3v) is 3.59. The summed E-state index contributed by atoms with van der Waals surface area (Å²) in [5, 5.41) is 9.38. The van der Waals surface area contributed by atoms with Crippen molar-refractivity contribution in [2.75, 3.05) is 0 Å². The molecule has 0 spiro atoms. The summed E-state index contributed by atoms with van der Waals surface area (Å²) in [5.74, 6) is 0.260. The van der Waals surface area contributed by atoms with Gasteiger partial charge < -0.3 is 9.67 Å². The van der Waals surface area contributed by atoms with Crippen molar-refractivity contribution in [1.29, 1.82) is 0 Å². The summed E-state index contributed by atoms with van der Waals surface area (Å²) in [6.07, 6.45) is 3.53. The number of nitrogens with zero attached hydrogens (tertiary/aromatic N) is 2. The summed E-state index contributed by atoms with van der Waals surface area (Å²) in [6.45, 7) is 3.01. The SMILES string of the molecule is CCCn1c(CCCCC(=O)O)nc2cccc(Cl)c21. The van der Waals surface area contributed by atoms with E-state index in [0.29, 0.717) is 6.42 Å². The van der Waals surface area contributed by atoms with Gasteiger partial charge >= 0.3 is 5.97 Å². The van der Waals surface area contributed by atoms with Gasteiger partial charge in [-0.25, -0.2) is 4.98 Å². The molecule has 0 aliphatic carbocycles. The maximum atomic E-state index is 10.5. The molecule has 0 saturated heterocycles. The van der Waals surface area contributed by atoms with E-state index in [2.05, 4.69) is 16.5 Å². The van der Waals surface area contributed by atoms with Crippen LogP contribution in [0, 0.1) is 0 Å². The fraction of sp³-hybridized carbons (Fsp3) is 0.467. The molecule has 1 aromatic carbocycles. The second kappa shape index (κ2) is 6.75. The van der Waals surface area contributed by atoms with Gasteiger partial charge in [-0.05, 0) is 31.4 Å². The first-order valence-corrected chi connectivity index (χ1v) is 7.36. The second-order valence-corrected chi connectivity index (χ2v) is 5.30. The van der Waals surface area contributed by atoms with E-state index >= 15 is 0 Å². The van der Waals surface area contributed by atoms with Crippen LogP contribution < -0.4 is 0 Å². The van der Waals surface area contributed by atoms with Crippen molar-refractivity contribution in [3.8, 4) is 0 Å². The van der Waals surface area contributed by atoms with E-state index < -0.39 is 5.97 Å². The van der Waals surface area contributed by atoms with Crippen molar-refractivity contribution in [2.24, 2.45) is 0 Å². The minimum Gasteiger partial charge on any atom is -0.481 e. The maximum absolute atomic E-state index is 10.5. The topological polar surface area (TPSA) is 55.1 Å². The molecular weight excluding hydrogens is 276 g/mol. The van der Waals surface area contributed by atoms with Crippen LogP contribution in [-0.4, -0.2) is 20.6 Å². The number of aliphatic carboxylic acids is 1. The van der Waals surface area contributed by atoms with Gasteiger partial charge in [-0.2, -0.15) is 0 Å². The molecule has 0 aliphatic rings. The quantitative estimate of drug-likeness (QED) is 0.788. The molecule has 0 bridgehead atoms. The van der Waals surface area contributed by atoms with E-state index in [1.165, 1.54) is 0 Å². The van der Waals surface area contributed by atoms with Gasteiger partial charge in [0.25, 0.3) is 0 Å². The summed E-state index contributed by atoms with van der Waals surface area (Å²) >= 11 is 6.28. The number of carboxylic acids is 1. The van der Waals surface area contributed by atoms with Crippen molar-refractivity contribution >= 4 is 28.6 Å². The number of rotatable bonds is 7. The Labute approximate surface area is 123 Å². The molecule has 0 aliphatic heterocycles. The highest BCUT2D eigenvalue weighted by atomic mass is 35.5. The Morgan fingerprint density at radius 1 is 1.40 bits per heavy atom. The van der Waals surface area contributed by atoms with Crippen LogP contribution in [0.1, 0.15) is 38.4 Å². The van der Waals surface area contributed by atoms with Gasteiger partial charge in [-0.3, -0.25) is 4.79 Å². The number of fused-ring (bicyclic) bond motifs is 1. The fourth-order valence-electron chi connectivity index (χ4n) is 2.40. The largest absolute Gasteiger partial charge is 0.481 e. The van der Waals surface area contributed by atoms with E-state index in [1.54, 1.807) is 0 Å². The van der Waals surface area contributed by atoms with Crippen molar-refractivity contribution in [3.63, 3.8) is 0 Å². The number of carboxylic acid groups (broad SMARTS) is 1. The number of imidazole rings is 1. The molecule has 1 aromatic heterocycles. The highest BCUT2D eigenvalue weighted by molar-refractivity contribution is 6.35. The molecule has 0 radical (unpaired) electrons. The highest BCUT2D eigenvalue weighted by Crippen LogP contribution is 2.25. The predicted molar refractivity (Wildman–Crippen MR) is 80.2 cm³/mol. The third-order valence-electron chi connectivity index (χ3n) is 3.28. The van der Waals surface area contributed by atoms with Gasteiger partial charge in [0.15, 0.2) is 0 Å². The number of carbonyl (C=O) groups is 1. The molecule has 108 valence electrons. The zero-order valence-electron chi connectivity index (χ0n) is 11.6. The van der Waals surface area contributed by atoms with Crippen LogP contribution in [0.2, 0.25) is 5.02 Å². The third kappa shape index (κ3) is 3.31. The first-order valence-electron chi connectivity index (χ1n) is 6.99. The van der Waals surface area contributed by atoms with Crippen LogP contribution in [0.3, 0.4) is 0 Å². The van der Waals surface area contributed by atoms with E-state index in [9.17, 15) is 4.79 Å². The first-order chi connectivity index (χ1) is 9.63. The zero-order valence-corrected chi connectivity index (χ0v) is 12.4. The standard InChI is InChI=1S/C15H19ClN2O2/c1-2-10-18-13(8-3-4-9-14(19)20)17-12-7-5-6-11(16)15(12)18/h5-7H,2-4,8-10H2,1H3,(H,19,20). The number of hydrogen-bond acceptors (Lipinski definition) is 2.